The van der Waals surface area contributed by atoms with Gasteiger partial charge in [-0.1, -0.05) is 97.8 Å². The third-order valence-electron chi connectivity index (χ3n) is 14.3. The van der Waals surface area contributed by atoms with Crippen LogP contribution in [0.4, 0.5) is 25.8 Å². The van der Waals surface area contributed by atoms with Crippen LogP contribution in [0, 0.1) is 11.6 Å². The molecular formula is C56H63F2N7O4. The molecule has 4 saturated heterocycles. The lowest BCUT2D eigenvalue weighted by Crippen LogP contribution is -2.49. The molecule has 0 bridgehead atoms. The van der Waals surface area contributed by atoms with Crippen molar-refractivity contribution in [1.82, 2.24) is 19.6 Å². The number of piperidine rings is 2. The van der Waals surface area contributed by atoms with Crippen molar-refractivity contribution in [3.05, 3.63) is 161 Å². The molecule has 4 aliphatic heterocycles. The Morgan fingerprint density at radius 2 is 0.913 bits per heavy atom. The normalized spacial score (nSPS) is 19.7. The minimum Gasteiger partial charge on any atom is -0.363 e. The first-order valence-electron chi connectivity index (χ1n) is 24.9. The van der Waals surface area contributed by atoms with Gasteiger partial charge >= 0.3 is 0 Å². The van der Waals surface area contributed by atoms with Gasteiger partial charge in [0.25, 0.3) is 0 Å². The number of carbonyl (C=O) groups excluding carboxylic acids is 4. The van der Waals surface area contributed by atoms with E-state index in [4.69, 9.17) is 0 Å². The molecule has 9 rings (SSSR count). The number of benzene rings is 5. The fourth-order valence-electron chi connectivity index (χ4n) is 10.8. The van der Waals surface area contributed by atoms with E-state index >= 15 is 0 Å². The molecule has 4 atom stereocenters. The predicted molar refractivity (Wildman–Crippen MR) is 265 cm³/mol. The molecule has 0 aliphatic carbocycles. The van der Waals surface area contributed by atoms with Crippen LogP contribution in [0.3, 0.4) is 0 Å². The first kappa shape index (κ1) is 47.6. The molecule has 4 aliphatic rings. The molecule has 360 valence electrons. The monoisotopic (exact) mass is 935 g/mol. The van der Waals surface area contributed by atoms with Gasteiger partial charge in [-0.3, -0.25) is 29.0 Å². The van der Waals surface area contributed by atoms with Gasteiger partial charge in [-0.05, 0) is 136 Å². The summed E-state index contributed by atoms with van der Waals surface area (Å²) in [6.07, 6.45) is 9.16. The summed E-state index contributed by atoms with van der Waals surface area (Å²) in [5, 5.41) is 6.12. The largest absolute Gasteiger partial charge is 0.363 e. The summed E-state index contributed by atoms with van der Waals surface area (Å²) < 4.78 is 28.9. The lowest BCUT2D eigenvalue weighted by Gasteiger charge is -2.37. The first-order chi connectivity index (χ1) is 33.7. The van der Waals surface area contributed by atoms with E-state index in [2.05, 4.69) is 20.4 Å². The number of hydrogen-bond donors (Lipinski definition) is 2. The lowest BCUT2D eigenvalue weighted by molar-refractivity contribution is -0.142. The van der Waals surface area contributed by atoms with Crippen molar-refractivity contribution < 1.29 is 28.0 Å². The van der Waals surface area contributed by atoms with E-state index in [-0.39, 0.29) is 23.6 Å². The van der Waals surface area contributed by atoms with Crippen LogP contribution in [0.1, 0.15) is 98.5 Å². The Labute approximate surface area is 404 Å². The number of carbonyl (C=O) groups is 4. The van der Waals surface area contributed by atoms with E-state index in [1.54, 1.807) is 15.9 Å². The third-order valence-corrected chi connectivity index (χ3v) is 14.3. The molecule has 5 aromatic rings. The number of likely N-dealkylation sites (tertiary alicyclic amines) is 4. The van der Waals surface area contributed by atoms with Crippen LogP contribution < -0.4 is 15.5 Å². The molecular weight excluding hydrogens is 873 g/mol. The third kappa shape index (κ3) is 11.4. The average molecular weight is 936 g/mol. The van der Waals surface area contributed by atoms with Crippen molar-refractivity contribution in [2.75, 3.05) is 54.8 Å². The molecule has 4 fully saturated rings. The standard InChI is InChI=1S/C56H63F2N7O4/c57-47-30-29-46(37-48(47)58)63(38-40-21-25-44(26-22-40)59-53(66)49-19-13-35-64(49)55(68)51(42-15-5-1-6-16-42)61-31-9-3-10-32-61)39-41-23-27-45(28-24-41)60-54(67)50-20-14-36-65(50)56(69)52(43-17-7-2-8-18-43)62-33-11-4-12-34-62/h1-2,5-8,15-18,21-30,37,49-52H,3-4,9-14,19-20,31-36,38-39H2,(H,59,66)(H,60,67). The van der Waals surface area contributed by atoms with Gasteiger partial charge in [0.15, 0.2) is 11.6 Å². The summed E-state index contributed by atoms with van der Waals surface area (Å²) in [6.45, 7) is 5.13. The number of nitrogens with zero attached hydrogens (tertiary/aromatic N) is 5. The Morgan fingerprint density at radius 1 is 0.493 bits per heavy atom. The number of nitrogens with one attached hydrogen (secondary N) is 2. The minimum atomic E-state index is -0.954. The van der Waals surface area contributed by atoms with Gasteiger partial charge < -0.3 is 25.3 Å². The molecule has 4 unspecified atom stereocenters. The van der Waals surface area contributed by atoms with Crippen LogP contribution in [-0.2, 0) is 32.3 Å². The zero-order valence-electron chi connectivity index (χ0n) is 39.3. The Bertz CT molecular complexity index is 2380. The fourth-order valence-corrected chi connectivity index (χ4v) is 10.8. The van der Waals surface area contributed by atoms with Gasteiger partial charge in [0, 0.05) is 49.3 Å². The van der Waals surface area contributed by atoms with Gasteiger partial charge in [-0.25, -0.2) is 8.78 Å². The number of rotatable bonds is 15. The molecule has 0 aromatic heterocycles. The van der Waals surface area contributed by atoms with Crippen LogP contribution in [-0.4, -0.2) is 94.6 Å². The molecule has 4 heterocycles. The van der Waals surface area contributed by atoms with Gasteiger partial charge in [0.05, 0.1) is 0 Å². The molecule has 5 aromatic carbocycles. The molecule has 0 saturated carbocycles. The first-order valence-corrected chi connectivity index (χ1v) is 24.9. The van der Waals surface area contributed by atoms with Gasteiger partial charge in [0.1, 0.15) is 24.2 Å². The highest BCUT2D eigenvalue weighted by atomic mass is 19.2. The summed E-state index contributed by atoms with van der Waals surface area (Å²) in [5.74, 6) is -2.39. The number of anilines is 3. The van der Waals surface area contributed by atoms with Crippen molar-refractivity contribution in [1.29, 1.82) is 0 Å². The topological polar surface area (TPSA) is 109 Å². The van der Waals surface area contributed by atoms with Crippen LogP contribution in [0.2, 0.25) is 0 Å². The van der Waals surface area contributed by atoms with Crippen LogP contribution in [0.25, 0.3) is 0 Å². The maximum atomic E-state index is 14.7. The van der Waals surface area contributed by atoms with Crippen LogP contribution >= 0.6 is 0 Å². The maximum Gasteiger partial charge on any atom is 0.247 e. The number of amides is 4. The van der Waals surface area contributed by atoms with E-state index in [9.17, 15) is 28.0 Å². The molecule has 0 radical (unpaired) electrons. The molecule has 13 heteroatoms. The SMILES string of the molecule is O=C(Nc1ccc(CN(Cc2ccc(NC(=O)C3CCCN3C(=O)C(c3ccccc3)N3CCCCC3)cc2)c2ccc(F)c(F)c2)cc1)C1CCCN1C(=O)C(c1ccccc1)N1CCCCC1. The van der Waals surface area contributed by atoms with Crippen LogP contribution in [0.15, 0.2) is 127 Å². The Balaban J connectivity index is 0.842. The van der Waals surface area contributed by atoms with E-state index < -0.39 is 35.8 Å². The molecule has 4 amide bonds. The fraction of sp³-hybridized carbons (Fsp3) is 0.393. The molecule has 2 N–H and O–H groups in total. The highest BCUT2D eigenvalue weighted by Crippen LogP contribution is 2.33. The number of hydrogen-bond acceptors (Lipinski definition) is 7. The van der Waals surface area contributed by atoms with E-state index in [1.807, 2.05) is 114 Å². The lowest BCUT2D eigenvalue weighted by atomic mass is 10.00. The average Bonchev–Trinajstić information content (AvgIpc) is 4.09. The van der Waals surface area contributed by atoms with Crippen molar-refractivity contribution >= 4 is 40.7 Å². The minimum absolute atomic E-state index is 0.0303. The van der Waals surface area contributed by atoms with Crippen molar-refractivity contribution in [2.24, 2.45) is 0 Å². The molecule has 11 nitrogen and oxygen atoms in total. The van der Waals surface area contributed by atoms with Crippen molar-refractivity contribution in [2.45, 2.75) is 101 Å². The van der Waals surface area contributed by atoms with Crippen molar-refractivity contribution in [3.8, 4) is 0 Å². The van der Waals surface area contributed by atoms with Gasteiger partial charge in [-0.15, -0.1) is 0 Å². The van der Waals surface area contributed by atoms with E-state index in [0.717, 1.165) is 106 Å². The Morgan fingerprint density at radius 3 is 1.32 bits per heavy atom. The highest BCUT2D eigenvalue weighted by Gasteiger charge is 2.41. The zero-order valence-corrected chi connectivity index (χ0v) is 39.3. The van der Waals surface area contributed by atoms with E-state index in [0.29, 0.717) is 56.1 Å². The van der Waals surface area contributed by atoms with E-state index in [1.165, 1.54) is 6.07 Å². The number of halogens is 2. The van der Waals surface area contributed by atoms with Crippen LogP contribution in [0.5, 0.6) is 0 Å². The summed E-state index contributed by atoms with van der Waals surface area (Å²) >= 11 is 0. The quantitative estimate of drug-likeness (QED) is 0.108. The van der Waals surface area contributed by atoms with Gasteiger partial charge in [-0.2, -0.15) is 0 Å². The summed E-state index contributed by atoms with van der Waals surface area (Å²) in [7, 11) is 0. The predicted octanol–water partition coefficient (Wildman–Crippen LogP) is 9.48. The highest BCUT2D eigenvalue weighted by molar-refractivity contribution is 5.99. The van der Waals surface area contributed by atoms with Crippen molar-refractivity contribution in [3.63, 3.8) is 0 Å². The maximum absolute atomic E-state index is 14.7. The molecule has 69 heavy (non-hydrogen) atoms. The van der Waals surface area contributed by atoms with Gasteiger partial charge in [0.2, 0.25) is 23.6 Å². The smallest absolute Gasteiger partial charge is 0.247 e. The summed E-state index contributed by atoms with van der Waals surface area (Å²) in [5.41, 5.74) is 5.32. The Hall–Kier alpha value is -6.44. The second-order valence-electron chi connectivity index (χ2n) is 19.0. The molecule has 0 spiro atoms. The summed E-state index contributed by atoms with van der Waals surface area (Å²) in [6, 6.07) is 36.5. The second-order valence-corrected chi connectivity index (χ2v) is 19.0. The Kier molecular flexibility index (Phi) is 15.4. The summed E-state index contributed by atoms with van der Waals surface area (Å²) in [4.78, 5) is 66.3. The second kappa shape index (κ2) is 22.3. The zero-order chi connectivity index (χ0) is 47.7.